The van der Waals surface area contributed by atoms with Gasteiger partial charge in [0, 0.05) is 0 Å². The number of carbonyl (C=O) groups is 1. The summed E-state index contributed by atoms with van der Waals surface area (Å²) in [6.45, 7) is 0.557. The lowest BCUT2D eigenvalue weighted by atomic mass is 9.80. The molecule has 0 atom stereocenters. The molecule has 0 spiro atoms. The van der Waals surface area contributed by atoms with Crippen LogP contribution in [0.3, 0.4) is 0 Å². The number of likely N-dealkylation sites (N-methyl/N-ethyl adjacent to an activating group) is 1. The lowest BCUT2D eigenvalue weighted by molar-refractivity contribution is -0.111. The van der Waals surface area contributed by atoms with Crippen LogP contribution < -0.4 is 9.47 Å². The Morgan fingerprint density at radius 2 is 1.23 bits per heavy atom. The third-order valence-electron chi connectivity index (χ3n) is 5.06. The van der Waals surface area contributed by atoms with Crippen LogP contribution in [0.15, 0.2) is 78.9 Å². The summed E-state index contributed by atoms with van der Waals surface area (Å²) in [6, 6.07) is 25.8. The molecule has 5 nitrogen and oxygen atoms in total. The number of hydrogen-bond acceptors (Lipinski definition) is 5. The number of benzene rings is 3. The standard InChI is InChI=1S/C25H27NO4/c1-26(17-18-27)19-30-25(20-7-5-4-6-8-20,21-9-13-23(28-2)14-10-21)22-11-15-24(29-3)16-12-22/h4-16,18H,17,19H2,1-3H3. The van der Waals surface area contributed by atoms with E-state index in [1.165, 1.54) is 0 Å². The van der Waals surface area contributed by atoms with E-state index in [-0.39, 0.29) is 13.3 Å². The molecule has 3 aromatic rings. The first kappa shape index (κ1) is 21.6. The van der Waals surface area contributed by atoms with Crippen LogP contribution in [0.25, 0.3) is 0 Å². The molecule has 0 bridgehead atoms. The van der Waals surface area contributed by atoms with Crippen LogP contribution in [-0.4, -0.2) is 45.7 Å². The molecule has 0 aliphatic heterocycles. The van der Waals surface area contributed by atoms with E-state index in [0.29, 0.717) is 0 Å². The van der Waals surface area contributed by atoms with Gasteiger partial charge in [-0.2, -0.15) is 0 Å². The van der Waals surface area contributed by atoms with Gasteiger partial charge in [0.25, 0.3) is 0 Å². The van der Waals surface area contributed by atoms with Crippen LogP contribution in [0.2, 0.25) is 0 Å². The van der Waals surface area contributed by atoms with Crippen molar-refractivity contribution in [1.82, 2.24) is 4.90 Å². The number of methoxy groups -OCH3 is 2. The van der Waals surface area contributed by atoms with Crippen molar-refractivity contribution in [3.05, 3.63) is 95.6 Å². The van der Waals surface area contributed by atoms with E-state index in [4.69, 9.17) is 14.2 Å². The predicted molar refractivity (Wildman–Crippen MR) is 117 cm³/mol. The molecule has 0 radical (unpaired) electrons. The van der Waals surface area contributed by atoms with E-state index in [0.717, 1.165) is 34.5 Å². The van der Waals surface area contributed by atoms with Crippen LogP contribution in [0.5, 0.6) is 11.5 Å². The van der Waals surface area contributed by atoms with Gasteiger partial charge in [-0.3, -0.25) is 4.90 Å². The molecule has 0 saturated heterocycles. The molecule has 0 saturated carbocycles. The van der Waals surface area contributed by atoms with E-state index in [1.807, 2.05) is 90.8 Å². The second-order valence-electron chi connectivity index (χ2n) is 6.98. The van der Waals surface area contributed by atoms with Crippen molar-refractivity contribution in [1.29, 1.82) is 0 Å². The molecule has 156 valence electrons. The van der Waals surface area contributed by atoms with Gasteiger partial charge in [0.2, 0.25) is 0 Å². The largest absolute Gasteiger partial charge is 0.497 e. The Morgan fingerprint density at radius 3 is 1.67 bits per heavy atom. The van der Waals surface area contributed by atoms with Gasteiger partial charge in [-0.05, 0) is 48.0 Å². The number of carbonyl (C=O) groups excluding carboxylic acids is 1. The number of nitrogens with zero attached hydrogens (tertiary/aromatic N) is 1. The van der Waals surface area contributed by atoms with Crippen molar-refractivity contribution in [3.8, 4) is 11.5 Å². The van der Waals surface area contributed by atoms with Gasteiger partial charge in [0.1, 0.15) is 30.1 Å². The average Bonchev–Trinajstić information content (AvgIpc) is 2.81. The Kier molecular flexibility index (Phi) is 7.22. The predicted octanol–water partition coefficient (Wildman–Crippen LogP) is 4.10. The second kappa shape index (κ2) is 10.1. The molecular formula is C25H27NO4. The third kappa shape index (κ3) is 4.53. The van der Waals surface area contributed by atoms with Gasteiger partial charge in [-0.1, -0.05) is 54.6 Å². The molecule has 0 N–H and O–H groups in total. The average molecular weight is 405 g/mol. The van der Waals surface area contributed by atoms with E-state index < -0.39 is 5.60 Å². The molecule has 3 rings (SSSR count). The van der Waals surface area contributed by atoms with Crippen molar-refractivity contribution in [2.24, 2.45) is 0 Å². The van der Waals surface area contributed by atoms with Crippen LogP contribution >= 0.6 is 0 Å². The smallest absolute Gasteiger partial charge is 0.145 e. The lowest BCUT2D eigenvalue weighted by Gasteiger charge is -2.37. The van der Waals surface area contributed by atoms with Gasteiger partial charge >= 0.3 is 0 Å². The summed E-state index contributed by atoms with van der Waals surface area (Å²) in [5.74, 6) is 1.54. The van der Waals surface area contributed by atoms with Crippen LogP contribution in [0.1, 0.15) is 16.7 Å². The minimum atomic E-state index is -0.878. The minimum Gasteiger partial charge on any atom is -0.497 e. The summed E-state index contributed by atoms with van der Waals surface area (Å²) >= 11 is 0. The molecule has 3 aromatic carbocycles. The fourth-order valence-electron chi connectivity index (χ4n) is 3.46. The monoisotopic (exact) mass is 405 g/mol. The zero-order valence-electron chi connectivity index (χ0n) is 17.6. The first-order valence-corrected chi connectivity index (χ1v) is 9.74. The second-order valence-corrected chi connectivity index (χ2v) is 6.98. The Balaban J connectivity index is 2.19. The van der Waals surface area contributed by atoms with Crippen LogP contribution in [0.4, 0.5) is 0 Å². The first-order chi connectivity index (χ1) is 14.6. The zero-order chi connectivity index (χ0) is 21.4. The summed E-state index contributed by atoms with van der Waals surface area (Å²) in [5.41, 5.74) is 2.02. The molecular weight excluding hydrogens is 378 g/mol. The summed E-state index contributed by atoms with van der Waals surface area (Å²) in [6.07, 6.45) is 0.869. The normalized spacial score (nSPS) is 11.3. The van der Waals surface area contributed by atoms with Crippen molar-refractivity contribution < 1.29 is 19.0 Å². The van der Waals surface area contributed by atoms with Crippen molar-refractivity contribution in [2.45, 2.75) is 5.60 Å². The summed E-state index contributed by atoms with van der Waals surface area (Å²) in [7, 11) is 5.15. The maximum Gasteiger partial charge on any atom is 0.145 e. The molecule has 0 amide bonds. The number of rotatable bonds is 10. The molecule has 0 aromatic heterocycles. The number of aldehydes is 1. The topological polar surface area (TPSA) is 48.0 Å². The Morgan fingerprint density at radius 1 is 0.767 bits per heavy atom. The van der Waals surface area contributed by atoms with Crippen molar-refractivity contribution in [2.75, 3.05) is 34.5 Å². The number of hydrogen-bond donors (Lipinski definition) is 0. The van der Waals surface area contributed by atoms with Crippen molar-refractivity contribution in [3.63, 3.8) is 0 Å². The summed E-state index contributed by atoms with van der Waals surface area (Å²) in [4.78, 5) is 12.8. The van der Waals surface area contributed by atoms with E-state index in [2.05, 4.69) is 0 Å². The molecule has 0 fully saturated rings. The summed E-state index contributed by atoms with van der Waals surface area (Å²) < 4.78 is 17.3. The van der Waals surface area contributed by atoms with E-state index in [9.17, 15) is 4.79 Å². The highest BCUT2D eigenvalue weighted by Crippen LogP contribution is 2.41. The van der Waals surface area contributed by atoms with Gasteiger partial charge in [0.05, 0.1) is 20.8 Å². The zero-order valence-corrected chi connectivity index (χ0v) is 17.6. The Hall–Kier alpha value is -3.15. The molecule has 0 aliphatic rings. The highest BCUT2D eigenvalue weighted by molar-refractivity contribution is 5.52. The lowest BCUT2D eigenvalue weighted by Crippen LogP contribution is -2.37. The molecule has 0 aliphatic carbocycles. The first-order valence-electron chi connectivity index (χ1n) is 9.74. The van der Waals surface area contributed by atoms with E-state index >= 15 is 0 Å². The van der Waals surface area contributed by atoms with Gasteiger partial charge in [-0.25, -0.2) is 0 Å². The molecule has 0 unspecified atom stereocenters. The molecule has 0 heterocycles. The Bertz CT molecular complexity index is 876. The van der Waals surface area contributed by atoms with Crippen molar-refractivity contribution >= 4 is 6.29 Å². The fraction of sp³-hybridized carbons (Fsp3) is 0.240. The maximum atomic E-state index is 11.0. The highest BCUT2D eigenvalue weighted by Gasteiger charge is 2.38. The molecule has 30 heavy (non-hydrogen) atoms. The van der Waals surface area contributed by atoms with Gasteiger partial charge in [0.15, 0.2) is 0 Å². The Labute approximate surface area is 177 Å². The maximum absolute atomic E-state index is 11.0. The minimum absolute atomic E-state index is 0.270. The highest BCUT2D eigenvalue weighted by atomic mass is 16.5. The van der Waals surface area contributed by atoms with Gasteiger partial charge in [-0.15, -0.1) is 0 Å². The summed E-state index contributed by atoms with van der Waals surface area (Å²) in [5, 5.41) is 0. The molecule has 5 heteroatoms. The fourth-order valence-corrected chi connectivity index (χ4v) is 3.46. The van der Waals surface area contributed by atoms with E-state index in [1.54, 1.807) is 14.2 Å². The van der Waals surface area contributed by atoms with Crippen LogP contribution in [0, 0.1) is 0 Å². The number of ether oxygens (including phenoxy) is 3. The quantitative estimate of drug-likeness (QED) is 0.289. The third-order valence-corrected chi connectivity index (χ3v) is 5.06. The van der Waals surface area contributed by atoms with Crippen LogP contribution in [-0.2, 0) is 15.1 Å². The van der Waals surface area contributed by atoms with Gasteiger partial charge < -0.3 is 19.0 Å². The SMILES string of the molecule is COc1ccc(C(OCN(C)CC=O)(c2ccccc2)c2ccc(OC)cc2)cc1.